The molecule has 0 spiro atoms. The van der Waals surface area contributed by atoms with Gasteiger partial charge in [0.1, 0.15) is 18.9 Å². The lowest BCUT2D eigenvalue weighted by Gasteiger charge is -2.28. The maximum Gasteiger partial charge on any atom is 0.294 e. The van der Waals surface area contributed by atoms with Crippen molar-refractivity contribution < 1.29 is 28.3 Å². The fourth-order valence-electron chi connectivity index (χ4n) is 4.24. The third-order valence-electron chi connectivity index (χ3n) is 6.08. The summed E-state index contributed by atoms with van der Waals surface area (Å²) in [4.78, 5) is 53.5. The van der Waals surface area contributed by atoms with E-state index in [-0.39, 0.29) is 29.8 Å². The molecule has 37 heavy (non-hydrogen) atoms. The molecule has 1 aromatic heterocycles. The van der Waals surface area contributed by atoms with Crippen LogP contribution in [0, 0.1) is 5.82 Å². The zero-order valence-electron chi connectivity index (χ0n) is 19.7. The van der Waals surface area contributed by atoms with E-state index < -0.39 is 17.0 Å². The number of ether oxygens (including phenoxy) is 1. The molecule has 0 aliphatic carbocycles. The second-order valence-electron chi connectivity index (χ2n) is 8.55. The number of hydrogen-bond acceptors (Lipinski definition) is 6. The van der Waals surface area contributed by atoms with Gasteiger partial charge in [-0.2, -0.15) is 0 Å². The van der Waals surface area contributed by atoms with Crippen LogP contribution in [-0.2, 0) is 25.7 Å². The average Bonchev–Trinajstić information content (AvgIpc) is 3.37. The quantitative estimate of drug-likeness (QED) is 0.499. The van der Waals surface area contributed by atoms with E-state index in [4.69, 9.17) is 4.74 Å². The summed E-state index contributed by atoms with van der Waals surface area (Å²) < 4.78 is 20.1. The fraction of sp³-hybridized carbons (Fsp3) is 0.231. The number of nitrogens with one attached hydrogen (secondary N) is 1. The van der Waals surface area contributed by atoms with Crippen LogP contribution in [0.25, 0.3) is 17.0 Å². The Morgan fingerprint density at radius 1 is 1.03 bits per heavy atom. The molecule has 4 amide bonds. The summed E-state index contributed by atoms with van der Waals surface area (Å²) in [5.74, 6) is -1.52. The van der Waals surface area contributed by atoms with Crippen molar-refractivity contribution in [2.24, 2.45) is 0 Å². The minimum atomic E-state index is -0.525. The van der Waals surface area contributed by atoms with E-state index in [1.807, 2.05) is 24.3 Å². The number of amides is 4. The number of fused-ring (bicyclic) bond motifs is 1. The van der Waals surface area contributed by atoms with Crippen molar-refractivity contribution in [2.75, 3.05) is 38.2 Å². The highest BCUT2D eigenvalue weighted by Gasteiger charge is 2.37. The lowest BCUT2D eigenvalue weighted by Crippen LogP contribution is -2.46. The minimum absolute atomic E-state index is 0.0126. The molecule has 9 nitrogen and oxygen atoms in total. The monoisotopic (exact) mass is 522 g/mol. The Hall–Kier alpha value is -3.96. The van der Waals surface area contributed by atoms with Crippen molar-refractivity contribution in [3.8, 4) is 0 Å². The molecule has 11 heteroatoms. The molecule has 5 rings (SSSR count). The van der Waals surface area contributed by atoms with Gasteiger partial charge in [-0.05, 0) is 48.2 Å². The predicted octanol–water partition coefficient (Wildman–Crippen LogP) is 3.31. The number of benzene rings is 2. The highest BCUT2D eigenvalue weighted by molar-refractivity contribution is 8.18. The molecular formula is C26H23FN4O5S. The Labute approximate surface area is 215 Å². The summed E-state index contributed by atoms with van der Waals surface area (Å²) in [6.45, 7) is 1.39. The molecule has 2 aromatic carbocycles. The number of halogens is 1. The van der Waals surface area contributed by atoms with Crippen LogP contribution in [0.15, 0.2) is 59.6 Å². The van der Waals surface area contributed by atoms with Gasteiger partial charge in [0.15, 0.2) is 0 Å². The SMILES string of the molecule is O=C(Cn1cc(/C=C2/SC(=O)N(CC(=O)N3CCOCC3)C2=O)c2ccccc21)Nc1ccc(F)cc1. The third kappa shape index (κ3) is 5.42. The largest absolute Gasteiger partial charge is 0.378 e. The van der Waals surface area contributed by atoms with E-state index in [1.165, 1.54) is 24.3 Å². The van der Waals surface area contributed by atoms with Gasteiger partial charge in [-0.3, -0.25) is 24.1 Å². The van der Waals surface area contributed by atoms with Crippen LogP contribution in [0.2, 0.25) is 0 Å². The molecule has 2 fully saturated rings. The number of thioether (sulfide) groups is 1. The number of anilines is 1. The first kappa shape index (κ1) is 24.7. The highest BCUT2D eigenvalue weighted by atomic mass is 32.2. The van der Waals surface area contributed by atoms with Crippen LogP contribution in [0.5, 0.6) is 0 Å². The zero-order chi connectivity index (χ0) is 25.9. The van der Waals surface area contributed by atoms with Gasteiger partial charge in [0, 0.05) is 41.4 Å². The molecule has 3 heterocycles. The van der Waals surface area contributed by atoms with E-state index in [1.54, 1.807) is 21.7 Å². The second-order valence-corrected chi connectivity index (χ2v) is 9.54. The van der Waals surface area contributed by atoms with Gasteiger partial charge in [0.2, 0.25) is 11.8 Å². The smallest absolute Gasteiger partial charge is 0.294 e. The molecule has 0 saturated carbocycles. The topological polar surface area (TPSA) is 101 Å². The molecule has 3 aromatic rings. The maximum absolute atomic E-state index is 13.1. The summed E-state index contributed by atoms with van der Waals surface area (Å²) in [6, 6.07) is 12.9. The Morgan fingerprint density at radius 2 is 1.76 bits per heavy atom. The molecular weight excluding hydrogens is 499 g/mol. The lowest BCUT2D eigenvalue weighted by atomic mass is 10.1. The van der Waals surface area contributed by atoms with Gasteiger partial charge in [0.05, 0.1) is 18.1 Å². The van der Waals surface area contributed by atoms with Crippen LogP contribution in [0.3, 0.4) is 0 Å². The van der Waals surface area contributed by atoms with E-state index in [9.17, 15) is 23.6 Å². The fourth-order valence-corrected chi connectivity index (χ4v) is 5.06. The molecule has 0 unspecified atom stereocenters. The number of morpholine rings is 1. The van der Waals surface area contributed by atoms with E-state index in [0.29, 0.717) is 37.6 Å². The minimum Gasteiger partial charge on any atom is -0.378 e. The molecule has 190 valence electrons. The number of carbonyl (C=O) groups is 4. The predicted molar refractivity (Wildman–Crippen MR) is 137 cm³/mol. The average molecular weight is 523 g/mol. The summed E-state index contributed by atoms with van der Waals surface area (Å²) in [5, 5.41) is 3.03. The Kier molecular flexibility index (Phi) is 7.06. The molecule has 1 N–H and O–H groups in total. The summed E-state index contributed by atoms with van der Waals surface area (Å²) >= 11 is 0.784. The summed E-state index contributed by atoms with van der Waals surface area (Å²) in [7, 11) is 0. The highest BCUT2D eigenvalue weighted by Crippen LogP contribution is 2.34. The van der Waals surface area contributed by atoms with E-state index in [2.05, 4.69) is 5.32 Å². The molecule has 2 saturated heterocycles. The number of rotatable bonds is 6. The molecule has 2 aliphatic rings. The van der Waals surface area contributed by atoms with Crippen molar-refractivity contribution in [1.82, 2.24) is 14.4 Å². The summed E-state index contributed by atoms with van der Waals surface area (Å²) in [6.07, 6.45) is 3.35. The number of carbonyl (C=O) groups excluding carboxylic acids is 4. The number of hydrogen-bond donors (Lipinski definition) is 1. The third-order valence-corrected chi connectivity index (χ3v) is 6.99. The number of aromatic nitrogens is 1. The lowest BCUT2D eigenvalue weighted by molar-refractivity contribution is -0.139. The van der Waals surface area contributed by atoms with Gasteiger partial charge >= 0.3 is 0 Å². The Morgan fingerprint density at radius 3 is 2.51 bits per heavy atom. The first-order valence-electron chi connectivity index (χ1n) is 11.6. The van der Waals surface area contributed by atoms with Crippen LogP contribution >= 0.6 is 11.8 Å². The van der Waals surface area contributed by atoms with Crippen LogP contribution in [-0.4, -0.2) is 70.2 Å². The van der Waals surface area contributed by atoms with Gasteiger partial charge in [-0.25, -0.2) is 4.39 Å². The maximum atomic E-state index is 13.1. The Bertz CT molecular complexity index is 1410. The molecule has 0 atom stereocenters. The van der Waals surface area contributed by atoms with Gasteiger partial charge < -0.3 is 19.5 Å². The standard InChI is InChI=1S/C26H23FN4O5S/c27-18-5-7-19(8-6-18)28-23(32)15-30-14-17(20-3-1-2-4-21(20)30)13-22-25(34)31(26(35)37-22)16-24(33)29-9-11-36-12-10-29/h1-8,13-14H,9-12,15-16H2,(H,28,32)/b22-13+. The van der Waals surface area contributed by atoms with Crippen molar-refractivity contribution in [1.29, 1.82) is 0 Å². The second kappa shape index (κ2) is 10.6. The number of nitrogens with zero attached hydrogens (tertiary/aromatic N) is 3. The molecule has 0 bridgehead atoms. The van der Waals surface area contributed by atoms with E-state index in [0.717, 1.165) is 27.6 Å². The first-order chi connectivity index (χ1) is 17.9. The van der Waals surface area contributed by atoms with Crippen LogP contribution in [0.4, 0.5) is 14.9 Å². The zero-order valence-corrected chi connectivity index (χ0v) is 20.5. The number of para-hydroxylation sites is 1. The van der Waals surface area contributed by atoms with Crippen LogP contribution < -0.4 is 5.32 Å². The normalized spacial score (nSPS) is 17.2. The Balaban J connectivity index is 1.34. The van der Waals surface area contributed by atoms with Crippen molar-refractivity contribution in [3.05, 3.63) is 71.0 Å². The van der Waals surface area contributed by atoms with Crippen molar-refractivity contribution in [2.45, 2.75) is 6.54 Å². The van der Waals surface area contributed by atoms with Gasteiger partial charge in [-0.15, -0.1) is 0 Å². The summed E-state index contributed by atoms with van der Waals surface area (Å²) in [5.41, 5.74) is 1.91. The van der Waals surface area contributed by atoms with Crippen molar-refractivity contribution in [3.63, 3.8) is 0 Å². The van der Waals surface area contributed by atoms with Crippen molar-refractivity contribution >= 4 is 57.4 Å². The van der Waals surface area contributed by atoms with Gasteiger partial charge in [0.25, 0.3) is 11.1 Å². The van der Waals surface area contributed by atoms with Gasteiger partial charge in [-0.1, -0.05) is 18.2 Å². The molecule has 0 radical (unpaired) electrons. The van der Waals surface area contributed by atoms with Crippen LogP contribution in [0.1, 0.15) is 5.56 Å². The number of imide groups is 1. The first-order valence-corrected chi connectivity index (χ1v) is 12.4. The molecule has 2 aliphatic heterocycles. The van der Waals surface area contributed by atoms with E-state index >= 15 is 0 Å².